The Morgan fingerprint density at radius 3 is 2.59 bits per heavy atom. The first-order chi connectivity index (χ1) is 17.8. The Labute approximate surface area is 238 Å². The summed E-state index contributed by atoms with van der Waals surface area (Å²) in [5, 5.41) is 1.76. The number of halogens is 2. The lowest BCUT2D eigenvalue weighted by molar-refractivity contribution is -0.123. The maximum atomic E-state index is 13.1. The van der Waals surface area contributed by atoms with Gasteiger partial charge in [-0.25, -0.2) is 0 Å². The third-order valence-corrected chi connectivity index (χ3v) is 7.47. The predicted molar refractivity (Wildman–Crippen MR) is 155 cm³/mol. The molecule has 1 fully saturated rings. The molecule has 3 aromatic carbocycles. The topological polar surface area (TPSA) is 67.9 Å². The summed E-state index contributed by atoms with van der Waals surface area (Å²) in [5.74, 6) is 0.265. The first-order valence-corrected chi connectivity index (χ1v) is 13.6. The molecule has 37 heavy (non-hydrogen) atoms. The van der Waals surface area contributed by atoms with Crippen LogP contribution < -0.4 is 14.9 Å². The fourth-order valence-electron chi connectivity index (χ4n) is 3.52. The maximum Gasteiger partial charge on any atom is 0.285 e. The molecule has 1 heterocycles. The van der Waals surface area contributed by atoms with Gasteiger partial charge in [-0.3, -0.25) is 15.0 Å². The molecular formula is C27H22BrClN2O4S2. The van der Waals surface area contributed by atoms with Gasteiger partial charge in [0.2, 0.25) is 0 Å². The Morgan fingerprint density at radius 2 is 1.89 bits per heavy atom. The van der Waals surface area contributed by atoms with Crippen molar-refractivity contribution < 1.29 is 19.1 Å². The van der Waals surface area contributed by atoms with Gasteiger partial charge in [0.05, 0.1) is 16.0 Å². The zero-order valence-electron chi connectivity index (χ0n) is 19.9. The summed E-state index contributed by atoms with van der Waals surface area (Å²) in [6.07, 6.45) is 1.70. The highest BCUT2D eigenvalue weighted by molar-refractivity contribution is 9.10. The summed E-state index contributed by atoms with van der Waals surface area (Å²) in [4.78, 5) is 26.2. The zero-order chi connectivity index (χ0) is 26.5. The lowest BCUT2D eigenvalue weighted by Crippen LogP contribution is -2.45. The minimum Gasteiger partial charge on any atom is -0.490 e. The summed E-state index contributed by atoms with van der Waals surface area (Å²) in [5.41, 5.74) is 5.56. The number of rotatable bonds is 8. The largest absolute Gasteiger partial charge is 0.490 e. The molecule has 0 aliphatic carbocycles. The second kappa shape index (κ2) is 12.1. The molecule has 10 heteroatoms. The van der Waals surface area contributed by atoms with Crippen molar-refractivity contribution in [2.24, 2.45) is 0 Å². The molecular weight excluding hydrogens is 596 g/mol. The quantitative estimate of drug-likeness (QED) is 0.218. The van der Waals surface area contributed by atoms with E-state index in [1.807, 2.05) is 56.3 Å². The number of carbonyl (C=O) groups excluding carboxylic acids is 2. The summed E-state index contributed by atoms with van der Waals surface area (Å²) in [6.45, 7) is 4.47. The van der Waals surface area contributed by atoms with Crippen LogP contribution in [0.1, 0.15) is 34.0 Å². The van der Waals surface area contributed by atoms with Crippen LogP contribution in [0.4, 0.5) is 0 Å². The van der Waals surface area contributed by atoms with Gasteiger partial charge in [-0.05, 0) is 95.1 Å². The number of benzene rings is 3. The van der Waals surface area contributed by atoms with Crippen molar-refractivity contribution in [2.75, 3.05) is 6.61 Å². The standard InChI is InChI=1S/C27H22BrClN2O4S2/c1-3-34-22-13-18(12-21(28)24(22)35-15-17-8-10-19(29)11-9-17)14-23-26(33)31(27(36)37-23)30-25(32)20-7-5-4-6-16(20)2/h4-14H,3,15H2,1-2H3,(H,30,32)/b23-14-. The van der Waals surface area contributed by atoms with Crippen molar-refractivity contribution in [2.45, 2.75) is 20.5 Å². The number of amides is 2. The third-order valence-electron chi connectivity index (χ3n) is 5.32. The number of hydrogen-bond donors (Lipinski definition) is 1. The van der Waals surface area contributed by atoms with Gasteiger partial charge in [0.1, 0.15) is 6.61 Å². The van der Waals surface area contributed by atoms with Gasteiger partial charge < -0.3 is 9.47 Å². The first-order valence-electron chi connectivity index (χ1n) is 11.2. The van der Waals surface area contributed by atoms with Crippen LogP contribution in [-0.4, -0.2) is 27.8 Å². The highest BCUT2D eigenvalue weighted by Crippen LogP contribution is 2.39. The molecule has 0 spiro atoms. The lowest BCUT2D eigenvalue weighted by atomic mass is 10.1. The number of hydrazine groups is 1. The van der Waals surface area contributed by atoms with E-state index in [0.717, 1.165) is 27.9 Å². The van der Waals surface area contributed by atoms with E-state index < -0.39 is 11.8 Å². The van der Waals surface area contributed by atoms with Crippen LogP contribution in [0, 0.1) is 6.92 Å². The van der Waals surface area contributed by atoms with Crippen molar-refractivity contribution >= 4 is 73.7 Å². The number of hydrogen-bond acceptors (Lipinski definition) is 6. The third kappa shape index (κ3) is 6.54. The molecule has 1 aliphatic heterocycles. The minimum absolute atomic E-state index is 0.241. The molecule has 190 valence electrons. The molecule has 4 rings (SSSR count). The molecule has 0 bridgehead atoms. The molecule has 1 saturated heterocycles. The molecule has 2 amide bonds. The smallest absolute Gasteiger partial charge is 0.285 e. The number of aryl methyl sites for hydroxylation is 1. The van der Waals surface area contributed by atoms with Crippen LogP contribution in [0.3, 0.4) is 0 Å². The van der Waals surface area contributed by atoms with Gasteiger partial charge in [-0.2, -0.15) is 5.01 Å². The zero-order valence-corrected chi connectivity index (χ0v) is 23.9. The number of ether oxygens (including phenoxy) is 2. The average molecular weight is 618 g/mol. The molecule has 0 atom stereocenters. The molecule has 0 aromatic heterocycles. The van der Waals surface area contributed by atoms with E-state index in [9.17, 15) is 9.59 Å². The fourth-order valence-corrected chi connectivity index (χ4v) is 5.39. The molecule has 1 aliphatic rings. The minimum atomic E-state index is -0.408. The number of thiocarbonyl (C=S) groups is 1. The van der Waals surface area contributed by atoms with Gasteiger partial charge in [-0.15, -0.1) is 0 Å². The Bertz CT molecular complexity index is 1400. The van der Waals surface area contributed by atoms with E-state index in [4.69, 9.17) is 33.3 Å². The van der Waals surface area contributed by atoms with Crippen molar-refractivity contribution in [3.05, 3.63) is 97.3 Å². The second-order valence-corrected chi connectivity index (χ2v) is 10.9. The van der Waals surface area contributed by atoms with Crippen molar-refractivity contribution in [3.8, 4) is 11.5 Å². The van der Waals surface area contributed by atoms with E-state index >= 15 is 0 Å². The van der Waals surface area contributed by atoms with Crippen LogP contribution in [0.25, 0.3) is 6.08 Å². The predicted octanol–water partition coefficient (Wildman–Crippen LogP) is 6.93. The second-order valence-electron chi connectivity index (χ2n) is 7.95. The molecule has 0 radical (unpaired) electrons. The summed E-state index contributed by atoms with van der Waals surface area (Å²) < 4.78 is 12.8. The number of carbonyl (C=O) groups is 2. The Morgan fingerprint density at radius 1 is 1.16 bits per heavy atom. The van der Waals surface area contributed by atoms with E-state index in [0.29, 0.717) is 50.2 Å². The van der Waals surface area contributed by atoms with Crippen LogP contribution in [0.5, 0.6) is 11.5 Å². The average Bonchev–Trinajstić information content (AvgIpc) is 3.12. The maximum absolute atomic E-state index is 13.1. The van der Waals surface area contributed by atoms with Crippen LogP contribution in [0.2, 0.25) is 5.02 Å². The Kier molecular flexibility index (Phi) is 8.91. The number of nitrogens with one attached hydrogen (secondary N) is 1. The monoisotopic (exact) mass is 616 g/mol. The summed E-state index contributed by atoms with van der Waals surface area (Å²) >= 11 is 16.0. The normalized spacial score (nSPS) is 14.3. The fraction of sp³-hybridized carbons (Fsp3) is 0.148. The van der Waals surface area contributed by atoms with Gasteiger partial charge >= 0.3 is 0 Å². The van der Waals surface area contributed by atoms with Gasteiger partial charge in [0.25, 0.3) is 11.8 Å². The van der Waals surface area contributed by atoms with E-state index in [1.165, 1.54) is 0 Å². The SMILES string of the molecule is CCOc1cc(/C=C2\SC(=S)N(NC(=O)c3ccccc3C)C2=O)cc(Br)c1OCc1ccc(Cl)cc1. The van der Waals surface area contributed by atoms with Gasteiger partial charge in [0, 0.05) is 10.6 Å². The van der Waals surface area contributed by atoms with Crippen LogP contribution in [-0.2, 0) is 11.4 Å². The molecule has 0 saturated carbocycles. The molecule has 6 nitrogen and oxygen atoms in total. The van der Waals surface area contributed by atoms with Gasteiger partial charge in [-0.1, -0.05) is 53.7 Å². The highest BCUT2D eigenvalue weighted by Gasteiger charge is 2.34. The summed E-state index contributed by atoms with van der Waals surface area (Å²) in [7, 11) is 0. The van der Waals surface area contributed by atoms with Gasteiger partial charge in [0.15, 0.2) is 15.8 Å². The number of nitrogens with zero attached hydrogens (tertiary/aromatic N) is 1. The van der Waals surface area contributed by atoms with Crippen LogP contribution >= 0.6 is 51.5 Å². The van der Waals surface area contributed by atoms with Crippen molar-refractivity contribution in [1.29, 1.82) is 0 Å². The van der Waals surface area contributed by atoms with Crippen molar-refractivity contribution in [3.63, 3.8) is 0 Å². The number of thioether (sulfide) groups is 1. The van der Waals surface area contributed by atoms with E-state index in [1.54, 1.807) is 24.3 Å². The molecule has 0 unspecified atom stereocenters. The Hall–Kier alpha value is -2.85. The molecule has 1 N–H and O–H groups in total. The lowest BCUT2D eigenvalue weighted by Gasteiger charge is -2.16. The van der Waals surface area contributed by atoms with E-state index in [-0.39, 0.29) is 4.32 Å². The Balaban J connectivity index is 1.53. The molecule has 3 aromatic rings. The highest BCUT2D eigenvalue weighted by atomic mass is 79.9. The van der Waals surface area contributed by atoms with Crippen LogP contribution in [0.15, 0.2) is 70.0 Å². The van der Waals surface area contributed by atoms with Crippen molar-refractivity contribution in [1.82, 2.24) is 10.4 Å². The first kappa shape index (κ1) is 27.2. The van der Waals surface area contributed by atoms with E-state index in [2.05, 4.69) is 21.4 Å². The summed E-state index contributed by atoms with van der Waals surface area (Å²) in [6, 6.07) is 18.2.